The molecular formula is C31H25FN4O3. The molecule has 4 aromatic carbocycles. The Labute approximate surface area is 224 Å². The first kappa shape index (κ1) is 25.4. The molecule has 8 heteroatoms. The molecular weight excluding hydrogens is 495 g/mol. The van der Waals surface area contributed by atoms with Gasteiger partial charge in [-0.3, -0.25) is 9.59 Å². The molecule has 1 aromatic heterocycles. The van der Waals surface area contributed by atoms with Crippen LogP contribution in [0.5, 0.6) is 5.75 Å². The van der Waals surface area contributed by atoms with E-state index in [1.54, 1.807) is 66.7 Å². The SMILES string of the molecule is Nc1ccccc1NC(=O)c1ccc(CNC(=O)c2cc(OCc3ccc(F)cc3)c3ccccc3n2)cc1. The lowest BCUT2D eigenvalue weighted by Crippen LogP contribution is -2.24. The molecule has 39 heavy (non-hydrogen) atoms. The van der Waals surface area contributed by atoms with E-state index in [1.807, 2.05) is 24.3 Å². The van der Waals surface area contributed by atoms with E-state index in [1.165, 1.54) is 12.1 Å². The van der Waals surface area contributed by atoms with Crippen LogP contribution in [0, 0.1) is 5.82 Å². The molecule has 0 saturated heterocycles. The maximum Gasteiger partial charge on any atom is 0.270 e. The van der Waals surface area contributed by atoms with E-state index in [-0.39, 0.29) is 36.5 Å². The van der Waals surface area contributed by atoms with Crippen molar-refractivity contribution in [1.29, 1.82) is 0 Å². The number of nitrogens with one attached hydrogen (secondary N) is 2. The Morgan fingerprint density at radius 1 is 0.821 bits per heavy atom. The summed E-state index contributed by atoms with van der Waals surface area (Å²) in [4.78, 5) is 30.0. The summed E-state index contributed by atoms with van der Waals surface area (Å²) in [5, 5.41) is 6.42. The van der Waals surface area contributed by atoms with Crippen LogP contribution in [-0.4, -0.2) is 16.8 Å². The number of ether oxygens (including phenoxy) is 1. The van der Waals surface area contributed by atoms with E-state index in [4.69, 9.17) is 10.5 Å². The summed E-state index contributed by atoms with van der Waals surface area (Å²) in [7, 11) is 0. The topological polar surface area (TPSA) is 106 Å². The van der Waals surface area contributed by atoms with E-state index >= 15 is 0 Å². The number of aromatic nitrogens is 1. The highest BCUT2D eigenvalue weighted by Gasteiger charge is 2.14. The molecule has 194 valence electrons. The standard InChI is InChI=1S/C31H25FN4O3/c32-23-15-11-21(12-16-23)19-39-29-17-28(35-26-7-3-1-5-24(26)29)31(38)34-18-20-9-13-22(14-10-20)30(37)36-27-8-4-2-6-25(27)33/h1-17H,18-19,33H2,(H,34,38)(H,36,37). The predicted molar refractivity (Wildman–Crippen MR) is 149 cm³/mol. The van der Waals surface area contributed by atoms with Crippen LogP contribution in [0.15, 0.2) is 103 Å². The zero-order valence-corrected chi connectivity index (χ0v) is 20.9. The summed E-state index contributed by atoms with van der Waals surface area (Å²) in [6.07, 6.45) is 0. The van der Waals surface area contributed by atoms with Gasteiger partial charge < -0.3 is 21.1 Å². The van der Waals surface area contributed by atoms with Gasteiger partial charge in [-0.25, -0.2) is 9.37 Å². The maximum atomic E-state index is 13.2. The zero-order chi connectivity index (χ0) is 27.2. The molecule has 1 heterocycles. The van der Waals surface area contributed by atoms with Crippen LogP contribution in [0.4, 0.5) is 15.8 Å². The number of carbonyl (C=O) groups excluding carboxylic acids is 2. The number of hydrogen-bond acceptors (Lipinski definition) is 5. The Bertz CT molecular complexity index is 1640. The molecule has 2 amide bonds. The van der Waals surface area contributed by atoms with Gasteiger partial charge in [0.05, 0.1) is 16.9 Å². The molecule has 0 fully saturated rings. The van der Waals surface area contributed by atoms with E-state index in [0.717, 1.165) is 16.5 Å². The van der Waals surface area contributed by atoms with Crippen molar-refractivity contribution >= 4 is 34.1 Å². The number of para-hydroxylation sites is 3. The van der Waals surface area contributed by atoms with Crippen molar-refractivity contribution in [2.24, 2.45) is 0 Å². The summed E-state index contributed by atoms with van der Waals surface area (Å²) < 4.78 is 19.2. The Balaban J connectivity index is 1.25. The van der Waals surface area contributed by atoms with Crippen LogP contribution < -0.4 is 21.1 Å². The summed E-state index contributed by atoms with van der Waals surface area (Å²) in [5.41, 5.74) is 9.83. The van der Waals surface area contributed by atoms with Crippen molar-refractivity contribution in [3.05, 3.63) is 131 Å². The minimum absolute atomic E-state index is 0.208. The van der Waals surface area contributed by atoms with Crippen molar-refractivity contribution < 1.29 is 18.7 Å². The number of nitrogen functional groups attached to an aromatic ring is 1. The Hall–Kier alpha value is -5.24. The van der Waals surface area contributed by atoms with Gasteiger partial charge in [0.2, 0.25) is 0 Å². The van der Waals surface area contributed by atoms with Crippen LogP contribution in [0.3, 0.4) is 0 Å². The van der Waals surface area contributed by atoms with Crippen LogP contribution in [0.1, 0.15) is 32.0 Å². The third-order valence-corrected chi connectivity index (χ3v) is 6.10. The maximum absolute atomic E-state index is 13.2. The van der Waals surface area contributed by atoms with E-state index in [9.17, 15) is 14.0 Å². The highest BCUT2D eigenvalue weighted by atomic mass is 19.1. The number of amides is 2. The first-order valence-corrected chi connectivity index (χ1v) is 12.3. The van der Waals surface area contributed by atoms with Crippen molar-refractivity contribution in [3.8, 4) is 5.75 Å². The van der Waals surface area contributed by atoms with E-state index < -0.39 is 0 Å². The molecule has 0 atom stereocenters. The smallest absolute Gasteiger partial charge is 0.270 e. The third-order valence-electron chi connectivity index (χ3n) is 6.10. The monoisotopic (exact) mass is 520 g/mol. The molecule has 0 spiro atoms. The Kier molecular flexibility index (Phi) is 7.45. The van der Waals surface area contributed by atoms with Gasteiger partial charge in [-0.1, -0.05) is 48.5 Å². The fourth-order valence-electron chi connectivity index (χ4n) is 3.97. The van der Waals surface area contributed by atoms with Gasteiger partial charge in [-0.2, -0.15) is 0 Å². The number of pyridine rings is 1. The molecule has 5 aromatic rings. The summed E-state index contributed by atoms with van der Waals surface area (Å²) >= 11 is 0. The minimum Gasteiger partial charge on any atom is -0.488 e. The molecule has 0 bridgehead atoms. The minimum atomic E-state index is -0.367. The van der Waals surface area contributed by atoms with Gasteiger partial charge in [-0.05, 0) is 59.7 Å². The number of nitrogens with zero attached hydrogens (tertiary/aromatic N) is 1. The van der Waals surface area contributed by atoms with Crippen molar-refractivity contribution in [2.75, 3.05) is 11.1 Å². The van der Waals surface area contributed by atoms with Gasteiger partial charge in [0.25, 0.3) is 11.8 Å². The number of carbonyl (C=O) groups is 2. The van der Waals surface area contributed by atoms with Gasteiger partial charge in [0.15, 0.2) is 0 Å². The first-order valence-electron chi connectivity index (χ1n) is 12.3. The van der Waals surface area contributed by atoms with E-state index in [0.29, 0.717) is 28.2 Å². The predicted octanol–water partition coefficient (Wildman–Crippen LogP) is 5.72. The van der Waals surface area contributed by atoms with Crippen LogP contribution >= 0.6 is 0 Å². The van der Waals surface area contributed by atoms with Crippen molar-refractivity contribution in [2.45, 2.75) is 13.2 Å². The molecule has 0 aliphatic carbocycles. The average molecular weight is 521 g/mol. The molecule has 0 aliphatic heterocycles. The highest BCUT2D eigenvalue weighted by Crippen LogP contribution is 2.26. The molecule has 0 unspecified atom stereocenters. The lowest BCUT2D eigenvalue weighted by atomic mass is 10.1. The van der Waals surface area contributed by atoms with Gasteiger partial charge >= 0.3 is 0 Å². The lowest BCUT2D eigenvalue weighted by molar-refractivity contribution is 0.0944. The summed E-state index contributed by atoms with van der Waals surface area (Å²) in [5.74, 6) is -0.461. The average Bonchev–Trinajstić information content (AvgIpc) is 2.96. The molecule has 0 saturated carbocycles. The number of benzene rings is 4. The largest absolute Gasteiger partial charge is 0.488 e. The van der Waals surface area contributed by atoms with E-state index in [2.05, 4.69) is 15.6 Å². The number of hydrogen-bond donors (Lipinski definition) is 3. The quantitative estimate of drug-likeness (QED) is 0.227. The highest BCUT2D eigenvalue weighted by molar-refractivity contribution is 6.05. The second-order valence-corrected chi connectivity index (χ2v) is 8.86. The number of rotatable bonds is 8. The summed E-state index contributed by atoms with van der Waals surface area (Å²) in [6, 6.07) is 29.0. The second kappa shape index (κ2) is 11.4. The Morgan fingerprint density at radius 2 is 1.51 bits per heavy atom. The van der Waals surface area contributed by atoms with Gasteiger partial charge in [0.1, 0.15) is 23.9 Å². The number of nitrogens with two attached hydrogens (primary N) is 1. The number of halogens is 1. The zero-order valence-electron chi connectivity index (χ0n) is 20.9. The number of fused-ring (bicyclic) bond motifs is 1. The number of anilines is 2. The van der Waals surface area contributed by atoms with Crippen LogP contribution in [0.25, 0.3) is 10.9 Å². The van der Waals surface area contributed by atoms with Gasteiger partial charge in [-0.15, -0.1) is 0 Å². The van der Waals surface area contributed by atoms with Gasteiger partial charge in [0, 0.05) is 23.6 Å². The third kappa shape index (κ3) is 6.19. The first-order chi connectivity index (χ1) is 19.0. The fourth-order valence-corrected chi connectivity index (χ4v) is 3.97. The van der Waals surface area contributed by atoms with Crippen LogP contribution in [-0.2, 0) is 13.2 Å². The Morgan fingerprint density at radius 3 is 2.28 bits per heavy atom. The molecule has 7 nitrogen and oxygen atoms in total. The molecule has 4 N–H and O–H groups in total. The fraction of sp³-hybridized carbons (Fsp3) is 0.0645. The second-order valence-electron chi connectivity index (χ2n) is 8.86. The lowest BCUT2D eigenvalue weighted by Gasteiger charge is -2.12. The molecule has 0 aliphatic rings. The molecule has 0 radical (unpaired) electrons. The van der Waals surface area contributed by atoms with Crippen LogP contribution in [0.2, 0.25) is 0 Å². The van der Waals surface area contributed by atoms with Crippen molar-refractivity contribution in [3.63, 3.8) is 0 Å². The normalized spacial score (nSPS) is 10.7. The summed E-state index contributed by atoms with van der Waals surface area (Å²) in [6.45, 7) is 0.457. The molecule has 5 rings (SSSR count). The van der Waals surface area contributed by atoms with Crippen molar-refractivity contribution in [1.82, 2.24) is 10.3 Å².